The summed E-state index contributed by atoms with van der Waals surface area (Å²) >= 11 is 0. The minimum absolute atomic E-state index is 0.320. The van der Waals surface area contributed by atoms with Gasteiger partial charge in [0, 0.05) is 16.3 Å². The van der Waals surface area contributed by atoms with Gasteiger partial charge < -0.3 is 9.30 Å². The molecule has 8 nitrogen and oxygen atoms in total. The van der Waals surface area contributed by atoms with Crippen LogP contribution in [0.1, 0.15) is 17.0 Å². The number of aromatic nitrogens is 6. The number of nitrogens with one attached hydrogen (secondary N) is 1. The summed E-state index contributed by atoms with van der Waals surface area (Å²) in [5.41, 5.74) is 3.23. The zero-order valence-corrected chi connectivity index (χ0v) is 17.0. The molecule has 156 valence electrons. The van der Waals surface area contributed by atoms with E-state index in [0.717, 1.165) is 16.8 Å². The first-order chi connectivity index (χ1) is 15.0. The number of methoxy groups -OCH3 is 1. The van der Waals surface area contributed by atoms with Gasteiger partial charge in [-0.2, -0.15) is 5.10 Å². The van der Waals surface area contributed by atoms with E-state index in [9.17, 15) is 9.18 Å². The summed E-state index contributed by atoms with van der Waals surface area (Å²) in [4.78, 5) is 12.6. The number of fused-ring (bicyclic) bond motifs is 3. The zero-order valence-electron chi connectivity index (χ0n) is 17.0. The molecule has 3 heterocycles. The lowest BCUT2D eigenvalue weighted by molar-refractivity contribution is 0.414. The average Bonchev–Trinajstić information content (AvgIpc) is 3.34. The topological polar surface area (TPSA) is 90.6 Å². The van der Waals surface area contributed by atoms with Crippen LogP contribution in [0.4, 0.5) is 4.39 Å². The molecule has 0 saturated carbocycles. The molecule has 0 amide bonds. The van der Waals surface area contributed by atoms with Crippen molar-refractivity contribution in [3.8, 4) is 5.75 Å². The van der Waals surface area contributed by atoms with Gasteiger partial charge in [0.25, 0.3) is 5.56 Å². The number of ether oxygens (including phenoxy) is 1. The highest BCUT2D eigenvalue weighted by Gasteiger charge is 2.18. The number of halogens is 1. The SMILES string of the molecule is COc1ccc(Cn2cc(Cn3c4ccc(F)cc4c4c(C)n[nH]c(=O)c43)nn2)cc1. The van der Waals surface area contributed by atoms with Crippen LogP contribution in [0.2, 0.25) is 0 Å². The van der Waals surface area contributed by atoms with Gasteiger partial charge in [-0.15, -0.1) is 5.10 Å². The summed E-state index contributed by atoms with van der Waals surface area (Å²) < 4.78 is 22.7. The molecule has 0 unspecified atom stereocenters. The lowest BCUT2D eigenvalue weighted by Crippen LogP contribution is -2.14. The quantitative estimate of drug-likeness (QED) is 0.474. The summed E-state index contributed by atoms with van der Waals surface area (Å²) in [6.07, 6.45) is 1.84. The van der Waals surface area contributed by atoms with E-state index in [1.807, 2.05) is 35.0 Å². The molecule has 2 aromatic carbocycles. The number of aromatic amines is 1. The van der Waals surface area contributed by atoms with E-state index in [0.29, 0.717) is 40.8 Å². The van der Waals surface area contributed by atoms with Crippen LogP contribution in [0.5, 0.6) is 5.75 Å². The normalized spacial score (nSPS) is 11.5. The molecule has 0 saturated heterocycles. The summed E-state index contributed by atoms with van der Waals surface area (Å²) in [5.74, 6) is 0.428. The molecular weight excluding hydrogens is 399 g/mol. The average molecular weight is 418 g/mol. The Balaban J connectivity index is 1.53. The molecule has 5 aromatic rings. The Bertz CT molecular complexity index is 1470. The second-order valence-corrected chi connectivity index (χ2v) is 7.36. The second kappa shape index (κ2) is 7.35. The molecule has 0 bridgehead atoms. The zero-order chi connectivity index (χ0) is 21.5. The Morgan fingerprint density at radius 3 is 2.71 bits per heavy atom. The minimum Gasteiger partial charge on any atom is -0.497 e. The van der Waals surface area contributed by atoms with Gasteiger partial charge in [0.2, 0.25) is 0 Å². The van der Waals surface area contributed by atoms with Crippen molar-refractivity contribution in [3.63, 3.8) is 0 Å². The van der Waals surface area contributed by atoms with Crippen molar-refractivity contribution in [3.05, 3.63) is 81.8 Å². The predicted octanol–water partition coefficient (Wildman–Crippen LogP) is 3.02. The van der Waals surface area contributed by atoms with Gasteiger partial charge in [-0.1, -0.05) is 17.3 Å². The van der Waals surface area contributed by atoms with Gasteiger partial charge in [0.15, 0.2) is 0 Å². The van der Waals surface area contributed by atoms with Crippen LogP contribution in [-0.4, -0.2) is 36.9 Å². The fourth-order valence-corrected chi connectivity index (χ4v) is 3.91. The molecule has 9 heteroatoms. The Morgan fingerprint density at radius 1 is 1.13 bits per heavy atom. The number of nitrogens with zero attached hydrogens (tertiary/aromatic N) is 5. The molecule has 3 aromatic heterocycles. The first-order valence-corrected chi connectivity index (χ1v) is 9.72. The maximum absolute atomic E-state index is 13.9. The Hall–Kier alpha value is -4.01. The molecule has 0 radical (unpaired) electrons. The van der Waals surface area contributed by atoms with Crippen LogP contribution in [0, 0.1) is 12.7 Å². The predicted molar refractivity (Wildman–Crippen MR) is 114 cm³/mol. The highest BCUT2D eigenvalue weighted by Crippen LogP contribution is 2.29. The van der Waals surface area contributed by atoms with Crippen molar-refractivity contribution in [1.29, 1.82) is 0 Å². The Labute approximate surface area is 175 Å². The van der Waals surface area contributed by atoms with Crippen molar-refractivity contribution in [2.75, 3.05) is 7.11 Å². The summed E-state index contributed by atoms with van der Waals surface area (Å²) in [7, 11) is 1.63. The summed E-state index contributed by atoms with van der Waals surface area (Å²) in [6, 6.07) is 12.2. The molecule has 31 heavy (non-hydrogen) atoms. The van der Waals surface area contributed by atoms with Gasteiger partial charge in [-0.3, -0.25) is 4.79 Å². The summed E-state index contributed by atoms with van der Waals surface area (Å²) in [5, 5.41) is 16.4. The fourth-order valence-electron chi connectivity index (χ4n) is 3.91. The third-order valence-electron chi connectivity index (χ3n) is 5.34. The molecule has 1 N–H and O–H groups in total. The van der Waals surface area contributed by atoms with Gasteiger partial charge in [0.1, 0.15) is 22.8 Å². The molecule has 0 aliphatic rings. The number of H-pyrrole nitrogens is 1. The maximum Gasteiger partial charge on any atom is 0.288 e. The highest BCUT2D eigenvalue weighted by atomic mass is 19.1. The van der Waals surface area contributed by atoms with E-state index in [4.69, 9.17) is 4.74 Å². The van der Waals surface area contributed by atoms with E-state index in [-0.39, 0.29) is 11.4 Å². The van der Waals surface area contributed by atoms with E-state index in [1.165, 1.54) is 12.1 Å². The minimum atomic E-state index is -0.364. The first-order valence-electron chi connectivity index (χ1n) is 9.72. The second-order valence-electron chi connectivity index (χ2n) is 7.36. The Kier molecular flexibility index (Phi) is 4.50. The number of aryl methyl sites for hydroxylation is 1. The lowest BCUT2D eigenvalue weighted by atomic mass is 10.1. The fraction of sp³-hybridized carbons (Fsp3) is 0.182. The third kappa shape index (κ3) is 3.33. The van der Waals surface area contributed by atoms with Gasteiger partial charge in [0.05, 0.1) is 32.1 Å². The van der Waals surface area contributed by atoms with Crippen LogP contribution >= 0.6 is 0 Å². The van der Waals surface area contributed by atoms with Crippen molar-refractivity contribution in [2.45, 2.75) is 20.0 Å². The lowest BCUT2D eigenvalue weighted by Gasteiger charge is -2.05. The number of rotatable bonds is 5. The van der Waals surface area contributed by atoms with Crippen LogP contribution in [0.3, 0.4) is 0 Å². The van der Waals surface area contributed by atoms with Crippen molar-refractivity contribution in [2.24, 2.45) is 0 Å². The number of benzene rings is 2. The smallest absolute Gasteiger partial charge is 0.288 e. The molecule has 0 atom stereocenters. The van der Waals surface area contributed by atoms with Gasteiger partial charge >= 0.3 is 0 Å². The van der Waals surface area contributed by atoms with Gasteiger partial charge in [-0.25, -0.2) is 14.2 Å². The monoisotopic (exact) mass is 418 g/mol. The largest absolute Gasteiger partial charge is 0.497 e. The molecule has 0 aliphatic heterocycles. The van der Waals surface area contributed by atoms with E-state index in [2.05, 4.69) is 20.5 Å². The Morgan fingerprint density at radius 2 is 1.94 bits per heavy atom. The van der Waals surface area contributed by atoms with Crippen molar-refractivity contribution < 1.29 is 9.13 Å². The maximum atomic E-state index is 13.9. The van der Waals surface area contributed by atoms with E-state index >= 15 is 0 Å². The van der Waals surface area contributed by atoms with Crippen molar-refractivity contribution in [1.82, 2.24) is 29.8 Å². The third-order valence-corrected chi connectivity index (χ3v) is 5.34. The van der Waals surface area contributed by atoms with Crippen LogP contribution in [-0.2, 0) is 13.1 Å². The molecule has 0 fully saturated rings. The van der Waals surface area contributed by atoms with E-state index in [1.54, 1.807) is 24.8 Å². The van der Waals surface area contributed by atoms with Crippen LogP contribution in [0.25, 0.3) is 21.8 Å². The molecule has 5 rings (SSSR count). The van der Waals surface area contributed by atoms with Gasteiger partial charge in [-0.05, 0) is 42.8 Å². The summed E-state index contributed by atoms with van der Waals surface area (Å²) in [6.45, 7) is 2.66. The first kappa shape index (κ1) is 19.0. The standard InChI is InChI=1S/C22H19FN6O2/c1-13-20-18-9-15(23)5-8-19(18)29(21(20)22(30)26-24-13)12-16-11-28(27-25-16)10-14-3-6-17(31-2)7-4-14/h3-9,11H,10,12H2,1-2H3,(H,26,30). The molecule has 0 aliphatic carbocycles. The van der Waals surface area contributed by atoms with Crippen molar-refractivity contribution >= 4 is 21.8 Å². The van der Waals surface area contributed by atoms with Crippen LogP contribution in [0.15, 0.2) is 53.5 Å². The molecule has 0 spiro atoms. The number of hydrogen-bond acceptors (Lipinski definition) is 5. The van der Waals surface area contributed by atoms with E-state index < -0.39 is 0 Å². The highest BCUT2D eigenvalue weighted by molar-refractivity contribution is 6.08. The molecular formula is C22H19FN6O2. The number of hydrogen-bond donors (Lipinski definition) is 1. The van der Waals surface area contributed by atoms with Crippen LogP contribution < -0.4 is 10.3 Å².